The molecular formula is C14H17FN2S. The van der Waals surface area contributed by atoms with Crippen molar-refractivity contribution in [3.8, 4) is 6.07 Å². The molecule has 1 unspecified atom stereocenters. The number of hydrogen-bond donors (Lipinski definition) is 1. The average molecular weight is 264 g/mol. The van der Waals surface area contributed by atoms with E-state index in [0.29, 0.717) is 22.9 Å². The van der Waals surface area contributed by atoms with E-state index in [9.17, 15) is 4.39 Å². The molecule has 1 saturated heterocycles. The van der Waals surface area contributed by atoms with Crippen molar-refractivity contribution in [2.24, 2.45) is 0 Å². The standard InChI is InChI=1S/C14H17FN2S/c15-14-5-4-11(8-16)7-12(14)9-17-10-13-3-1-2-6-18-13/h4-5,7,13,17H,1-3,6,9-10H2. The predicted molar refractivity (Wildman–Crippen MR) is 72.9 cm³/mol. The second-order valence-corrected chi connectivity index (χ2v) is 5.95. The third-order valence-corrected chi connectivity index (χ3v) is 4.53. The monoisotopic (exact) mass is 264 g/mol. The molecule has 18 heavy (non-hydrogen) atoms. The van der Waals surface area contributed by atoms with Gasteiger partial charge in [0, 0.05) is 23.9 Å². The summed E-state index contributed by atoms with van der Waals surface area (Å²) in [6.07, 6.45) is 3.87. The number of nitriles is 1. The van der Waals surface area contributed by atoms with Gasteiger partial charge in [0.05, 0.1) is 11.6 Å². The van der Waals surface area contributed by atoms with Crippen molar-refractivity contribution in [2.75, 3.05) is 12.3 Å². The van der Waals surface area contributed by atoms with E-state index in [4.69, 9.17) is 5.26 Å². The van der Waals surface area contributed by atoms with Gasteiger partial charge in [0.15, 0.2) is 0 Å². The van der Waals surface area contributed by atoms with Gasteiger partial charge in [-0.1, -0.05) is 6.42 Å². The van der Waals surface area contributed by atoms with Gasteiger partial charge in [-0.2, -0.15) is 17.0 Å². The van der Waals surface area contributed by atoms with E-state index in [0.717, 1.165) is 6.54 Å². The van der Waals surface area contributed by atoms with Crippen LogP contribution >= 0.6 is 11.8 Å². The summed E-state index contributed by atoms with van der Waals surface area (Å²) < 4.78 is 13.5. The van der Waals surface area contributed by atoms with Gasteiger partial charge in [0.2, 0.25) is 0 Å². The van der Waals surface area contributed by atoms with Crippen molar-refractivity contribution < 1.29 is 4.39 Å². The third kappa shape index (κ3) is 3.72. The molecule has 1 aliphatic heterocycles. The number of halogens is 1. The normalized spacial score (nSPS) is 19.4. The molecule has 4 heteroatoms. The molecule has 0 saturated carbocycles. The summed E-state index contributed by atoms with van der Waals surface area (Å²) in [7, 11) is 0. The van der Waals surface area contributed by atoms with Crippen LogP contribution in [0.3, 0.4) is 0 Å². The van der Waals surface area contributed by atoms with Crippen molar-refractivity contribution in [1.29, 1.82) is 5.26 Å². The number of rotatable bonds is 4. The Morgan fingerprint density at radius 2 is 2.33 bits per heavy atom. The van der Waals surface area contributed by atoms with Crippen LogP contribution in [-0.2, 0) is 6.54 Å². The lowest BCUT2D eigenvalue weighted by molar-refractivity contribution is 0.568. The molecule has 96 valence electrons. The van der Waals surface area contributed by atoms with E-state index in [2.05, 4.69) is 5.32 Å². The Labute approximate surface area is 112 Å². The molecule has 1 atom stereocenters. The number of thioether (sulfide) groups is 1. The minimum absolute atomic E-state index is 0.238. The number of hydrogen-bond acceptors (Lipinski definition) is 3. The highest BCUT2D eigenvalue weighted by Crippen LogP contribution is 2.24. The quantitative estimate of drug-likeness (QED) is 0.908. The van der Waals surface area contributed by atoms with E-state index >= 15 is 0 Å². The fourth-order valence-corrected chi connectivity index (χ4v) is 3.39. The van der Waals surface area contributed by atoms with Crippen LogP contribution in [0, 0.1) is 17.1 Å². The van der Waals surface area contributed by atoms with E-state index in [1.54, 1.807) is 6.07 Å². The lowest BCUT2D eigenvalue weighted by Gasteiger charge is -2.21. The molecule has 1 aliphatic rings. The summed E-state index contributed by atoms with van der Waals surface area (Å²) in [5, 5.41) is 12.7. The summed E-state index contributed by atoms with van der Waals surface area (Å²) in [4.78, 5) is 0. The molecule has 1 heterocycles. The van der Waals surface area contributed by atoms with Crippen LogP contribution in [0.1, 0.15) is 30.4 Å². The summed E-state index contributed by atoms with van der Waals surface area (Å²) in [6.45, 7) is 1.42. The van der Waals surface area contributed by atoms with Crippen molar-refractivity contribution >= 4 is 11.8 Å². The Morgan fingerprint density at radius 3 is 3.06 bits per heavy atom. The second kappa shape index (κ2) is 6.77. The lowest BCUT2D eigenvalue weighted by atomic mass is 10.1. The molecule has 1 N–H and O–H groups in total. The zero-order valence-electron chi connectivity index (χ0n) is 10.3. The van der Waals surface area contributed by atoms with Crippen LogP contribution in [0.2, 0.25) is 0 Å². The summed E-state index contributed by atoms with van der Waals surface area (Å²) in [6, 6.07) is 6.53. The fourth-order valence-electron chi connectivity index (χ4n) is 2.12. The number of nitrogens with one attached hydrogen (secondary N) is 1. The molecule has 2 nitrogen and oxygen atoms in total. The molecule has 0 radical (unpaired) electrons. The molecule has 1 fully saturated rings. The Bertz CT molecular complexity index is 436. The first-order valence-corrected chi connectivity index (χ1v) is 7.35. The molecule has 1 aromatic carbocycles. The Kier molecular flexibility index (Phi) is 5.03. The maximum atomic E-state index is 13.5. The second-order valence-electron chi connectivity index (χ2n) is 4.54. The maximum absolute atomic E-state index is 13.5. The van der Waals surface area contributed by atoms with Crippen molar-refractivity contribution in [1.82, 2.24) is 5.32 Å². The maximum Gasteiger partial charge on any atom is 0.127 e. The Hall–Kier alpha value is -1.05. The summed E-state index contributed by atoms with van der Waals surface area (Å²) in [5.41, 5.74) is 1.09. The van der Waals surface area contributed by atoms with Gasteiger partial charge in [-0.3, -0.25) is 0 Å². The molecule has 0 aliphatic carbocycles. The highest BCUT2D eigenvalue weighted by molar-refractivity contribution is 7.99. The predicted octanol–water partition coefficient (Wildman–Crippen LogP) is 3.07. The third-order valence-electron chi connectivity index (χ3n) is 3.14. The van der Waals surface area contributed by atoms with Crippen LogP contribution < -0.4 is 5.32 Å². The van der Waals surface area contributed by atoms with E-state index in [1.165, 1.54) is 37.1 Å². The first kappa shape index (κ1) is 13.4. The van der Waals surface area contributed by atoms with Crippen molar-refractivity contribution in [3.63, 3.8) is 0 Å². The van der Waals surface area contributed by atoms with Crippen LogP contribution in [0.25, 0.3) is 0 Å². The van der Waals surface area contributed by atoms with Gasteiger partial charge in [-0.05, 0) is 36.8 Å². The Morgan fingerprint density at radius 1 is 1.44 bits per heavy atom. The molecule has 0 bridgehead atoms. The minimum atomic E-state index is -0.238. The molecule has 2 rings (SSSR count). The van der Waals surface area contributed by atoms with Crippen LogP contribution in [-0.4, -0.2) is 17.5 Å². The van der Waals surface area contributed by atoms with Gasteiger partial charge in [-0.15, -0.1) is 0 Å². The topological polar surface area (TPSA) is 35.8 Å². The van der Waals surface area contributed by atoms with Crippen LogP contribution in [0.15, 0.2) is 18.2 Å². The highest BCUT2D eigenvalue weighted by Gasteiger charge is 2.13. The van der Waals surface area contributed by atoms with Crippen molar-refractivity contribution in [2.45, 2.75) is 31.1 Å². The molecule has 0 aromatic heterocycles. The SMILES string of the molecule is N#Cc1ccc(F)c(CNCC2CCCCS2)c1. The summed E-state index contributed by atoms with van der Waals surface area (Å²) >= 11 is 2.00. The zero-order valence-corrected chi connectivity index (χ0v) is 11.1. The van der Waals surface area contributed by atoms with Gasteiger partial charge < -0.3 is 5.32 Å². The number of nitrogens with zero attached hydrogens (tertiary/aromatic N) is 1. The smallest absolute Gasteiger partial charge is 0.127 e. The summed E-state index contributed by atoms with van der Waals surface area (Å²) in [5.74, 6) is 1.00. The largest absolute Gasteiger partial charge is 0.311 e. The minimum Gasteiger partial charge on any atom is -0.311 e. The van der Waals surface area contributed by atoms with E-state index in [-0.39, 0.29) is 5.82 Å². The molecular weight excluding hydrogens is 247 g/mol. The van der Waals surface area contributed by atoms with Crippen LogP contribution in [0.4, 0.5) is 4.39 Å². The first-order valence-electron chi connectivity index (χ1n) is 6.30. The van der Waals surface area contributed by atoms with Gasteiger partial charge in [0.25, 0.3) is 0 Å². The molecule has 0 spiro atoms. The van der Waals surface area contributed by atoms with E-state index in [1.807, 2.05) is 17.8 Å². The van der Waals surface area contributed by atoms with Gasteiger partial charge >= 0.3 is 0 Å². The molecule has 1 aromatic rings. The van der Waals surface area contributed by atoms with Crippen molar-refractivity contribution in [3.05, 3.63) is 35.1 Å². The molecule has 0 amide bonds. The Balaban J connectivity index is 1.84. The zero-order chi connectivity index (χ0) is 12.8. The first-order chi connectivity index (χ1) is 8.79. The lowest BCUT2D eigenvalue weighted by Crippen LogP contribution is -2.26. The van der Waals surface area contributed by atoms with E-state index < -0.39 is 0 Å². The average Bonchev–Trinajstić information content (AvgIpc) is 2.42. The highest BCUT2D eigenvalue weighted by atomic mass is 32.2. The van der Waals surface area contributed by atoms with Crippen LogP contribution in [0.5, 0.6) is 0 Å². The van der Waals surface area contributed by atoms with Gasteiger partial charge in [0.1, 0.15) is 5.82 Å². The van der Waals surface area contributed by atoms with Gasteiger partial charge in [-0.25, -0.2) is 4.39 Å². The fraction of sp³-hybridized carbons (Fsp3) is 0.500. The number of benzene rings is 1.